The molecule has 0 rings (SSSR count). The summed E-state index contributed by atoms with van der Waals surface area (Å²) in [4.78, 5) is 35.8. The van der Waals surface area contributed by atoms with E-state index in [0.717, 1.165) is 44.1 Å². The first-order valence-corrected chi connectivity index (χ1v) is 14.7. The number of aldehydes is 1. The number of hydrogen-bond donors (Lipinski definition) is 1. The van der Waals surface area contributed by atoms with Gasteiger partial charge in [-0.25, -0.2) is 0 Å². The van der Waals surface area contributed by atoms with E-state index in [4.69, 9.17) is 4.74 Å². The van der Waals surface area contributed by atoms with E-state index in [1.54, 1.807) is 11.8 Å². The van der Waals surface area contributed by atoms with E-state index in [9.17, 15) is 14.4 Å². The van der Waals surface area contributed by atoms with Crippen LogP contribution in [0.5, 0.6) is 0 Å². The Labute approximate surface area is 207 Å². The lowest BCUT2D eigenvalue weighted by Gasteiger charge is -2.18. The number of ether oxygens (including phenoxy) is 1. The van der Waals surface area contributed by atoms with Gasteiger partial charge in [-0.05, 0) is 31.4 Å². The molecule has 194 valence electrons. The third kappa shape index (κ3) is 20.1. The van der Waals surface area contributed by atoms with Gasteiger partial charge in [0.1, 0.15) is 6.29 Å². The maximum absolute atomic E-state index is 12.5. The SMILES string of the molecule is CCCCCCCCOC(=O)CCSCCC(C=O)NC(=O)C(CC)CCCCCCCC. The van der Waals surface area contributed by atoms with E-state index >= 15 is 0 Å². The maximum atomic E-state index is 12.5. The smallest absolute Gasteiger partial charge is 0.306 e. The van der Waals surface area contributed by atoms with Crippen molar-refractivity contribution < 1.29 is 19.1 Å². The van der Waals surface area contributed by atoms with Crippen LogP contribution in [0.15, 0.2) is 0 Å². The molecule has 2 atom stereocenters. The van der Waals surface area contributed by atoms with Crippen molar-refractivity contribution in [3.63, 3.8) is 0 Å². The second-order valence-electron chi connectivity index (χ2n) is 9.05. The molecule has 5 nitrogen and oxygen atoms in total. The number of thioether (sulfide) groups is 1. The molecule has 0 spiro atoms. The van der Waals surface area contributed by atoms with Crippen LogP contribution in [0.2, 0.25) is 0 Å². The van der Waals surface area contributed by atoms with Gasteiger partial charge < -0.3 is 14.8 Å². The van der Waals surface area contributed by atoms with Crippen LogP contribution < -0.4 is 5.32 Å². The zero-order chi connectivity index (χ0) is 24.6. The molecule has 0 fully saturated rings. The lowest BCUT2D eigenvalue weighted by molar-refractivity contribution is -0.143. The monoisotopic (exact) mass is 485 g/mol. The van der Waals surface area contributed by atoms with Crippen LogP contribution >= 0.6 is 11.8 Å². The summed E-state index contributed by atoms with van der Waals surface area (Å²) in [5.41, 5.74) is 0. The van der Waals surface area contributed by atoms with Crippen molar-refractivity contribution in [2.45, 2.75) is 130 Å². The van der Waals surface area contributed by atoms with Crippen LogP contribution in [0, 0.1) is 5.92 Å². The van der Waals surface area contributed by atoms with Gasteiger partial charge in [0.05, 0.1) is 19.1 Å². The molecule has 33 heavy (non-hydrogen) atoms. The largest absolute Gasteiger partial charge is 0.466 e. The van der Waals surface area contributed by atoms with Crippen molar-refractivity contribution >= 4 is 29.9 Å². The number of carbonyl (C=O) groups is 3. The van der Waals surface area contributed by atoms with Crippen LogP contribution in [-0.4, -0.2) is 42.3 Å². The molecule has 0 aromatic rings. The fraction of sp³-hybridized carbons (Fsp3) is 0.889. The highest BCUT2D eigenvalue weighted by Gasteiger charge is 2.19. The molecule has 0 saturated heterocycles. The fourth-order valence-corrected chi connectivity index (χ4v) is 4.71. The molecule has 0 heterocycles. The molecule has 1 N–H and O–H groups in total. The molecular weight excluding hydrogens is 434 g/mol. The van der Waals surface area contributed by atoms with Crippen LogP contribution in [0.4, 0.5) is 0 Å². The van der Waals surface area contributed by atoms with Crippen LogP contribution in [0.3, 0.4) is 0 Å². The van der Waals surface area contributed by atoms with Gasteiger partial charge in [-0.15, -0.1) is 0 Å². The van der Waals surface area contributed by atoms with Gasteiger partial charge >= 0.3 is 5.97 Å². The highest BCUT2D eigenvalue weighted by molar-refractivity contribution is 7.99. The number of rotatable bonds is 24. The molecule has 6 heteroatoms. The van der Waals surface area contributed by atoms with Gasteiger partial charge in [0.25, 0.3) is 0 Å². The number of hydrogen-bond acceptors (Lipinski definition) is 5. The molecule has 0 radical (unpaired) electrons. The lowest BCUT2D eigenvalue weighted by Crippen LogP contribution is -2.40. The summed E-state index contributed by atoms with van der Waals surface area (Å²) in [7, 11) is 0. The number of carbonyl (C=O) groups excluding carboxylic acids is 3. The predicted molar refractivity (Wildman–Crippen MR) is 141 cm³/mol. The third-order valence-corrected chi connectivity index (χ3v) is 7.06. The number of unbranched alkanes of at least 4 members (excludes halogenated alkanes) is 10. The first-order valence-electron chi connectivity index (χ1n) is 13.6. The van der Waals surface area contributed by atoms with Crippen LogP contribution in [-0.2, 0) is 19.1 Å². The van der Waals surface area contributed by atoms with Crippen molar-refractivity contribution in [3.05, 3.63) is 0 Å². The van der Waals surface area contributed by atoms with E-state index in [1.807, 2.05) is 6.92 Å². The average Bonchev–Trinajstić information content (AvgIpc) is 2.81. The average molecular weight is 486 g/mol. The summed E-state index contributed by atoms with van der Waals surface area (Å²) >= 11 is 1.63. The maximum Gasteiger partial charge on any atom is 0.306 e. The van der Waals surface area contributed by atoms with Gasteiger partial charge in [-0.3, -0.25) is 9.59 Å². The minimum Gasteiger partial charge on any atom is -0.466 e. The Balaban J connectivity index is 3.85. The summed E-state index contributed by atoms with van der Waals surface area (Å²) in [5, 5.41) is 2.92. The molecule has 0 aromatic carbocycles. The van der Waals surface area contributed by atoms with Gasteiger partial charge in [-0.1, -0.05) is 91.4 Å². The molecule has 0 bridgehead atoms. The number of amides is 1. The Morgan fingerprint density at radius 2 is 1.42 bits per heavy atom. The Morgan fingerprint density at radius 1 is 0.818 bits per heavy atom. The van der Waals surface area contributed by atoms with Gasteiger partial charge in [-0.2, -0.15) is 11.8 Å². The highest BCUT2D eigenvalue weighted by atomic mass is 32.2. The number of nitrogens with one attached hydrogen (secondary N) is 1. The van der Waals surface area contributed by atoms with E-state index in [2.05, 4.69) is 19.2 Å². The van der Waals surface area contributed by atoms with E-state index < -0.39 is 6.04 Å². The topological polar surface area (TPSA) is 72.5 Å². The molecule has 0 aliphatic carbocycles. The first kappa shape index (κ1) is 32.0. The Kier molecular flexibility index (Phi) is 23.3. The lowest BCUT2D eigenvalue weighted by atomic mass is 9.96. The minimum atomic E-state index is -0.441. The van der Waals surface area contributed by atoms with Crippen molar-refractivity contribution in [1.29, 1.82) is 0 Å². The standard InChI is InChI=1S/C27H51NO4S/c1-4-7-9-11-13-15-17-24(6-3)27(31)28-25(23-29)18-21-33-22-19-26(30)32-20-16-14-12-10-8-5-2/h23-25H,4-22H2,1-3H3,(H,28,31). The molecule has 1 amide bonds. The zero-order valence-corrected chi connectivity index (χ0v) is 22.5. The Hall–Kier alpha value is -1.04. The molecule has 0 aliphatic rings. The van der Waals surface area contributed by atoms with Crippen LogP contribution in [0.25, 0.3) is 0 Å². The Bertz CT molecular complexity index is 487. The van der Waals surface area contributed by atoms with E-state index in [0.29, 0.717) is 25.2 Å². The van der Waals surface area contributed by atoms with E-state index in [1.165, 1.54) is 57.8 Å². The van der Waals surface area contributed by atoms with Crippen LogP contribution in [0.1, 0.15) is 124 Å². The summed E-state index contributed by atoms with van der Waals surface area (Å²) in [5.74, 6) is 1.28. The Morgan fingerprint density at radius 3 is 2.03 bits per heavy atom. The van der Waals surface area contributed by atoms with Crippen molar-refractivity contribution in [1.82, 2.24) is 5.32 Å². The second-order valence-corrected chi connectivity index (χ2v) is 10.3. The second kappa shape index (κ2) is 24.1. The van der Waals surface area contributed by atoms with Crippen molar-refractivity contribution in [2.24, 2.45) is 5.92 Å². The normalized spacial score (nSPS) is 12.8. The quantitative estimate of drug-likeness (QED) is 0.0918. The first-order chi connectivity index (χ1) is 16.1. The van der Waals surface area contributed by atoms with Gasteiger partial charge in [0, 0.05) is 11.7 Å². The predicted octanol–water partition coefficient (Wildman–Crippen LogP) is 6.86. The summed E-state index contributed by atoms with van der Waals surface area (Å²) in [6.45, 7) is 6.98. The molecule has 2 unspecified atom stereocenters. The molecule has 0 aliphatic heterocycles. The molecular formula is C27H51NO4S. The number of esters is 1. The molecule has 0 aromatic heterocycles. The minimum absolute atomic E-state index is 0.00595. The third-order valence-electron chi connectivity index (χ3n) is 6.05. The van der Waals surface area contributed by atoms with Crippen molar-refractivity contribution in [3.8, 4) is 0 Å². The molecule has 0 saturated carbocycles. The van der Waals surface area contributed by atoms with Crippen molar-refractivity contribution in [2.75, 3.05) is 18.1 Å². The van der Waals surface area contributed by atoms with Gasteiger partial charge in [0.2, 0.25) is 5.91 Å². The summed E-state index contributed by atoms with van der Waals surface area (Å²) in [6, 6.07) is -0.441. The summed E-state index contributed by atoms with van der Waals surface area (Å²) in [6.07, 6.45) is 17.9. The van der Waals surface area contributed by atoms with E-state index in [-0.39, 0.29) is 17.8 Å². The highest BCUT2D eigenvalue weighted by Crippen LogP contribution is 2.16. The fourth-order valence-electron chi connectivity index (χ4n) is 3.77. The zero-order valence-electron chi connectivity index (χ0n) is 21.7. The summed E-state index contributed by atoms with van der Waals surface area (Å²) < 4.78 is 5.28. The van der Waals surface area contributed by atoms with Gasteiger partial charge in [0.15, 0.2) is 0 Å².